The molecule has 12 rings (SSSR count). The summed E-state index contributed by atoms with van der Waals surface area (Å²) in [4.78, 5) is 57.1. The number of carbonyl (C=O) groups is 3. The van der Waals surface area contributed by atoms with Gasteiger partial charge in [-0.05, 0) is 216 Å². The molecule has 21 heteroatoms. The highest BCUT2D eigenvalue weighted by atomic mass is 16.6. The fourth-order valence-corrected chi connectivity index (χ4v) is 11.8. The van der Waals surface area contributed by atoms with Gasteiger partial charge in [0.05, 0.1) is 45.9 Å². The van der Waals surface area contributed by atoms with E-state index in [1.54, 1.807) is 109 Å². The highest BCUT2D eigenvalue weighted by Crippen LogP contribution is 2.34. The van der Waals surface area contributed by atoms with E-state index in [2.05, 4.69) is 32.7 Å². The molecule has 0 fully saturated rings. The number of hydrogen-bond acceptors (Lipinski definition) is 18. The third kappa shape index (κ3) is 23.7. The van der Waals surface area contributed by atoms with Gasteiger partial charge >= 0.3 is 18.3 Å². The second-order valence-electron chi connectivity index (χ2n) is 27.6. The van der Waals surface area contributed by atoms with Crippen molar-refractivity contribution in [2.24, 2.45) is 0 Å². The van der Waals surface area contributed by atoms with Crippen molar-refractivity contribution in [1.29, 1.82) is 0 Å². The van der Waals surface area contributed by atoms with Gasteiger partial charge in [0.15, 0.2) is 0 Å². The van der Waals surface area contributed by atoms with E-state index < -0.39 is 18.3 Å². The van der Waals surface area contributed by atoms with Gasteiger partial charge < -0.3 is 70.6 Å². The Morgan fingerprint density at radius 3 is 1.06 bits per heavy atom. The summed E-state index contributed by atoms with van der Waals surface area (Å²) in [6, 6.07) is 73.5. The second kappa shape index (κ2) is 40.1. The molecule has 21 nitrogen and oxygen atoms in total. The molecule has 3 amide bonds. The lowest BCUT2D eigenvalue weighted by Crippen LogP contribution is -2.32. The Kier molecular flexibility index (Phi) is 29.2. The van der Waals surface area contributed by atoms with Crippen LogP contribution in [0.4, 0.5) is 14.4 Å². The molecule has 0 aliphatic heterocycles. The van der Waals surface area contributed by atoms with E-state index in [9.17, 15) is 14.4 Å². The number of oxazole rings is 3. The van der Waals surface area contributed by atoms with E-state index in [1.165, 1.54) is 0 Å². The predicted octanol–water partition coefficient (Wildman–Crippen LogP) is 20.8. The normalized spacial score (nSPS) is 11.1. The molecule has 0 unspecified atom stereocenters. The van der Waals surface area contributed by atoms with Crippen LogP contribution in [0.5, 0.6) is 51.7 Å². The minimum Gasteiger partial charge on any atom is -0.497 e. The number of methoxy groups -OCH3 is 3. The topological polar surface area (TPSA) is 222 Å². The Morgan fingerprint density at radius 2 is 0.690 bits per heavy atom. The monoisotopic (exact) mass is 1530 g/mol. The molecular formula is C92H98N6O15. The average molecular weight is 1530 g/mol. The molecule has 9 aromatic carbocycles. The molecule has 0 saturated heterocycles. The summed E-state index contributed by atoms with van der Waals surface area (Å²) in [5.41, 5.74) is 7.51. The number of nitrogens with zero attached hydrogens (tertiary/aromatic N) is 6. The molecule has 12 aromatic rings. The first-order chi connectivity index (χ1) is 54.6. The molecule has 0 saturated carbocycles. The highest BCUT2D eigenvalue weighted by Gasteiger charge is 2.31. The van der Waals surface area contributed by atoms with Gasteiger partial charge in [0.25, 0.3) is 0 Å². The Balaban J connectivity index is 0.000000180. The van der Waals surface area contributed by atoms with Crippen molar-refractivity contribution in [3.8, 4) is 86.1 Å². The van der Waals surface area contributed by atoms with Crippen molar-refractivity contribution >= 4 is 24.4 Å². The van der Waals surface area contributed by atoms with E-state index in [0.717, 1.165) is 85.0 Å². The van der Waals surface area contributed by atoms with Crippen LogP contribution in [-0.2, 0) is 30.5 Å². The number of amides is 3. The summed E-state index contributed by atoms with van der Waals surface area (Å²) >= 11 is 0. The van der Waals surface area contributed by atoms with Crippen molar-refractivity contribution in [3.05, 3.63) is 294 Å². The van der Waals surface area contributed by atoms with E-state index in [1.807, 2.05) is 217 Å². The number of benzene rings is 9. The van der Waals surface area contributed by atoms with Crippen LogP contribution in [0.3, 0.4) is 0 Å². The zero-order valence-corrected chi connectivity index (χ0v) is 66.3. The van der Waals surface area contributed by atoms with Gasteiger partial charge in [-0.1, -0.05) is 119 Å². The van der Waals surface area contributed by atoms with Crippen molar-refractivity contribution in [2.75, 3.05) is 60.8 Å². The molecule has 3 aromatic heterocycles. The lowest BCUT2D eigenvalue weighted by atomic mass is 9.89. The minimum atomic E-state index is -0.416. The SMILES string of the molecule is CCN(Cc1ccc(OC/C=C\c2nc(-c3ccccc3)oc2C)cc1)C(=O)Oc1ccc(OC)cc1.CCN(Cc1ccc(OCC(C)(C)c2nc(-c3ccccc3)oc2C)cc1)C(=O)Oc1ccc(OC)cc1.CCN(Cc1cccc(OCC(C)(C)c2nc(-c3ccccc3)oc2C)c1)C(=O)Oc1ccc(OC)cc1. The average Bonchev–Trinajstić information content (AvgIpc) is 1.67. The molecule has 3 heterocycles. The van der Waals surface area contributed by atoms with Gasteiger partial charge in [-0.15, -0.1) is 0 Å². The number of hydrogen-bond donors (Lipinski definition) is 0. The third-order valence-corrected chi connectivity index (χ3v) is 18.2. The molecule has 113 heavy (non-hydrogen) atoms. The van der Waals surface area contributed by atoms with Crippen molar-refractivity contribution < 1.29 is 70.3 Å². The fraction of sp³-hybridized carbons (Fsp3) is 0.261. The maximum Gasteiger partial charge on any atom is 0.415 e. The molecule has 0 bridgehead atoms. The Bertz CT molecular complexity index is 4990. The maximum atomic E-state index is 12.8. The summed E-state index contributed by atoms with van der Waals surface area (Å²) in [6.07, 6.45) is 2.57. The third-order valence-electron chi connectivity index (χ3n) is 18.2. The van der Waals surface area contributed by atoms with Gasteiger partial charge in [0.2, 0.25) is 17.7 Å². The quantitative estimate of drug-likeness (QED) is 0.0408. The maximum absolute atomic E-state index is 12.8. The van der Waals surface area contributed by atoms with E-state index in [-0.39, 0.29) is 10.8 Å². The van der Waals surface area contributed by atoms with Crippen LogP contribution in [0.1, 0.15) is 99.5 Å². The van der Waals surface area contributed by atoms with E-state index in [4.69, 9.17) is 65.9 Å². The number of carbonyl (C=O) groups excluding carboxylic acids is 3. The molecule has 0 aliphatic carbocycles. The number of rotatable bonds is 30. The predicted molar refractivity (Wildman–Crippen MR) is 436 cm³/mol. The lowest BCUT2D eigenvalue weighted by molar-refractivity contribution is 0.151. The zero-order valence-electron chi connectivity index (χ0n) is 66.3. The van der Waals surface area contributed by atoms with Crippen LogP contribution >= 0.6 is 0 Å². The lowest BCUT2D eigenvalue weighted by Gasteiger charge is -2.24. The van der Waals surface area contributed by atoms with Gasteiger partial charge in [-0.25, -0.2) is 29.3 Å². The largest absolute Gasteiger partial charge is 0.497 e. The minimum absolute atomic E-state index is 0.358. The molecule has 0 radical (unpaired) electrons. The van der Waals surface area contributed by atoms with Gasteiger partial charge in [-0.3, -0.25) is 0 Å². The number of aryl methyl sites for hydroxylation is 3. The van der Waals surface area contributed by atoms with Crippen LogP contribution in [0, 0.1) is 20.8 Å². The summed E-state index contributed by atoms with van der Waals surface area (Å²) in [5.74, 6) is 9.86. The highest BCUT2D eigenvalue weighted by molar-refractivity contribution is 5.72. The van der Waals surface area contributed by atoms with Gasteiger partial charge in [0, 0.05) is 66.8 Å². The molecule has 0 aliphatic rings. The Morgan fingerprint density at radius 1 is 0.363 bits per heavy atom. The van der Waals surface area contributed by atoms with Crippen LogP contribution in [0.25, 0.3) is 40.4 Å². The summed E-state index contributed by atoms with van der Waals surface area (Å²) < 4.78 is 67.8. The molecule has 0 N–H and O–H groups in total. The van der Waals surface area contributed by atoms with Gasteiger partial charge in [0.1, 0.15) is 81.3 Å². The van der Waals surface area contributed by atoms with Crippen LogP contribution in [0.15, 0.2) is 256 Å². The van der Waals surface area contributed by atoms with Crippen LogP contribution in [0.2, 0.25) is 0 Å². The molecular weight excluding hydrogens is 1430 g/mol. The molecule has 0 spiro atoms. The van der Waals surface area contributed by atoms with E-state index >= 15 is 0 Å². The van der Waals surface area contributed by atoms with Crippen molar-refractivity contribution in [1.82, 2.24) is 29.7 Å². The molecule has 586 valence electrons. The van der Waals surface area contributed by atoms with Crippen molar-refractivity contribution in [2.45, 2.75) is 99.7 Å². The Hall–Kier alpha value is -13.0. The summed E-state index contributed by atoms with van der Waals surface area (Å²) in [6.45, 7) is 23.9. The summed E-state index contributed by atoms with van der Waals surface area (Å²) in [5, 5.41) is 0. The first kappa shape index (κ1) is 82.5. The standard InChI is InChI=1S/2C31H34N2O5.C30H30N2O5/c1-6-33(30(34)38-26-17-15-25(35-5)16-18-26)20-23-11-10-14-27(19-23)36-21-31(3,4)28-22(2)37-29(32-28)24-12-8-7-9-13-24;1-6-33(30(34)38-27-18-16-25(35-5)17-19-27)20-23-12-14-26(15-13-23)36-21-31(3,4)28-22(2)37-29(32-28)24-10-8-7-9-11-24;1-4-32(30(33)37-27-18-16-25(34-3)17-19-27)21-23-12-14-26(15-13-23)35-20-8-11-28-22(2)36-29(31-28)24-9-6-5-7-10-24/h2*7-19H,6,20-21H2,1-5H3;5-19H,4,20-21H2,1-3H3/b;;11-8-. The zero-order chi connectivity index (χ0) is 80.3. The van der Waals surface area contributed by atoms with Gasteiger partial charge in [-0.2, -0.15) is 0 Å². The molecule has 0 atom stereocenters. The van der Waals surface area contributed by atoms with Crippen molar-refractivity contribution in [3.63, 3.8) is 0 Å². The second-order valence-corrected chi connectivity index (χ2v) is 27.6. The van der Waals surface area contributed by atoms with Crippen LogP contribution in [-0.4, -0.2) is 109 Å². The number of aromatic nitrogens is 3. The summed E-state index contributed by atoms with van der Waals surface area (Å²) in [7, 11) is 4.78. The Labute approximate surface area is 661 Å². The fourth-order valence-electron chi connectivity index (χ4n) is 11.8. The first-order valence-electron chi connectivity index (χ1n) is 37.4. The smallest absolute Gasteiger partial charge is 0.415 e. The first-order valence-corrected chi connectivity index (χ1v) is 37.4. The van der Waals surface area contributed by atoms with Crippen LogP contribution < -0.4 is 42.6 Å². The van der Waals surface area contributed by atoms with E-state index in [0.29, 0.717) is 111 Å². The number of ether oxygens (including phenoxy) is 9.